The Labute approximate surface area is 71.4 Å². The van der Waals surface area contributed by atoms with Crippen molar-refractivity contribution in [3.63, 3.8) is 0 Å². The highest BCUT2D eigenvalue weighted by Gasteiger charge is 2.30. The third-order valence-corrected chi connectivity index (χ3v) is 2.26. The van der Waals surface area contributed by atoms with Gasteiger partial charge in [-0.1, -0.05) is 0 Å². The highest BCUT2D eigenvalue weighted by Crippen LogP contribution is 2.13. The molecule has 0 aromatic rings. The first-order valence-electron chi connectivity index (χ1n) is 4.26. The fourth-order valence-corrected chi connectivity index (χ4v) is 1.59. The molecular formula is C8H13NO3. The second-order valence-electron chi connectivity index (χ2n) is 3.38. The molecule has 12 heavy (non-hydrogen) atoms. The summed E-state index contributed by atoms with van der Waals surface area (Å²) < 4.78 is 10.7. The molecule has 0 aromatic carbocycles. The van der Waals surface area contributed by atoms with Crippen LogP contribution in [-0.2, 0) is 14.3 Å². The first-order chi connectivity index (χ1) is 5.75. The quantitative estimate of drug-likeness (QED) is 0.499. The molecule has 0 aliphatic carbocycles. The molecule has 4 heteroatoms. The first-order valence-corrected chi connectivity index (χ1v) is 4.26. The van der Waals surface area contributed by atoms with Gasteiger partial charge in [0.1, 0.15) is 6.61 Å². The van der Waals surface area contributed by atoms with Gasteiger partial charge in [-0.3, -0.25) is 4.79 Å². The second-order valence-corrected chi connectivity index (χ2v) is 3.38. The van der Waals surface area contributed by atoms with Gasteiger partial charge in [0.15, 0.2) is 0 Å². The number of hydrogen-bond acceptors (Lipinski definition) is 3. The van der Waals surface area contributed by atoms with Crippen LogP contribution in [0, 0.1) is 0 Å². The third-order valence-electron chi connectivity index (χ3n) is 2.26. The minimum absolute atomic E-state index is 0.0867. The summed E-state index contributed by atoms with van der Waals surface area (Å²) >= 11 is 0. The molecule has 2 heterocycles. The van der Waals surface area contributed by atoms with Crippen LogP contribution in [0.3, 0.4) is 0 Å². The molecule has 4 nitrogen and oxygen atoms in total. The van der Waals surface area contributed by atoms with Crippen molar-refractivity contribution in [3.8, 4) is 0 Å². The lowest BCUT2D eigenvalue weighted by molar-refractivity contribution is -0.147. The van der Waals surface area contributed by atoms with Gasteiger partial charge < -0.3 is 14.4 Å². The lowest BCUT2D eigenvalue weighted by Gasteiger charge is -2.29. The van der Waals surface area contributed by atoms with E-state index >= 15 is 0 Å². The molecular weight excluding hydrogens is 158 g/mol. The molecule has 0 saturated carbocycles. The molecule has 2 bridgehead atoms. The van der Waals surface area contributed by atoms with Crippen molar-refractivity contribution < 1.29 is 14.3 Å². The van der Waals surface area contributed by atoms with E-state index < -0.39 is 0 Å². The van der Waals surface area contributed by atoms with Gasteiger partial charge in [-0.2, -0.15) is 0 Å². The Kier molecular flexibility index (Phi) is 2.02. The number of carbonyl (C=O) groups is 1. The monoisotopic (exact) mass is 171 g/mol. The highest BCUT2D eigenvalue weighted by atomic mass is 16.5. The minimum Gasteiger partial charge on any atom is -0.374 e. The molecule has 1 amide bonds. The van der Waals surface area contributed by atoms with Gasteiger partial charge in [0.05, 0.1) is 18.8 Å². The van der Waals surface area contributed by atoms with Crippen LogP contribution in [0.5, 0.6) is 0 Å². The summed E-state index contributed by atoms with van der Waals surface area (Å²) in [6, 6.07) is 0. The van der Waals surface area contributed by atoms with Crippen LogP contribution < -0.4 is 0 Å². The Morgan fingerprint density at radius 3 is 3.08 bits per heavy atom. The van der Waals surface area contributed by atoms with Gasteiger partial charge >= 0.3 is 0 Å². The van der Waals surface area contributed by atoms with Crippen molar-refractivity contribution in [3.05, 3.63) is 0 Å². The Morgan fingerprint density at radius 1 is 1.42 bits per heavy atom. The number of nitrogens with zero attached hydrogens (tertiary/aromatic N) is 1. The van der Waals surface area contributed by atoms with Crippen molar-refractivity contribution in [2.24, 2.45) is 0 Å². The predicted octanol–water partition coefficient (Wildman–Crippen LogP) is -0.368. The van der Waals surface area contributed by atoms with Gasteiger partial charge in [-0.05, 0) is 6.92 Å². The number of ether oxygens (including phenoxy) is 2. The van der Waals surface area contributed by atoms with Gasteiger partial charge in [-0.15, -0.1) is 0 Å². The number of carbonyl (C=O) groups excluding carboxylic acids is 1. The van der Waals surface area contributed by atoms with Crippen LogP contribution in [-0.4, -0.2) is 49.3 Å². The van der Waals surface area contributed by atoms with E-state index in [1.165, 1.54) is 0 Å². The van der Waals surface area contributed by atoms with Gasteiger partial charge in [0.2, 0.25) is 5.91 Å². The average Bonchev–Trinajstić information content (AvgIpc) is 2.20. The maximum atomic E-state index is 11.2. The Hall–Kier alpha value is -0.610. The number of morpholine rings is 1. The van der Waals surface area contributed by atoms with Crippen molar-refractivity contribution in [2.75, 3.05) is 26.3 Å². The van der Waals surface area contributed by atoms with Crippen LogP contribution in [0.15, 0.2) is 0 Å². The molecule has 2 fully saturated rings. The molecule has 2 aliphatic rings. The molecule has 2 saturated heterocycles. The number of fused-ring (bicyclic) bond motifs is 2. The minimum atomic E-state index is 0.0867. The van der Waals surface area contributed by atoms with E-state index in [0.29, 0.717) is 19.7 Å². The van der Waals surface area contributed by atoms with E-state index in [9.17, 15) is 4.79 Å². The Balaban J connectivity index is 2.08. The molecule has 0 unspecified atom stereocenters. The first kappa shape index (κ1) is 8.01. The predicted molar refractivity (Wildman–Crippen MR) is 41.7 cm³/mol. The molecule has 0 radical (unpaired) electrons. The van der Waals surface area contributed by atoms with Crippen LogP contribution in [0.4, 0.5) is 0 Å². The zero-order chi connectivity index (χ0) is 8.55. The third kappa shape index (κ3) is 1.44. The van der Waals surface area contributed by atoms with Gasteiger partial charge in [-0.25, -0.2) is 0 Å². The number of rotatable bonds is 0. The lowest BCUT2D eigenvalue weighted by Crippen LogP contribution is -2.47. The van der Waals surface area contributed by atoms with E-state index in [2.05, 4.69) is 0 Å². The number of hydrogen-bond donors (Lipinski definition) is 0. The normalized spacial score (nSPS) is 36.4. The molecule has 68 valence electrons. The summed E-state index contributed by atoms with van der Waals surface area (Å²) in [4.78, 5) is 13.1. The van der Waals surface area contributed by atoms with E-state index in [-0.39, 0.29) is 24.7 Å². The fraction of sp³-hybridized carbons (Fsp3) is 0.875. The molecule has 2 aliphatic heterocycles. The van der Waals surface area contributed by atoms with E-state index in [1.807, 2.05) is 11.8 Å². The summed E-state index contributed by atoms with van der Waals surface area (Å²) in [6.07, 6.45) is 0.230. The standard InChI is InChI=1S/C8H13NO3/c1-6-2-9-3-7(4-11-6)12-5-8(9)10/h6-7H,2-5H2,1H3/t6-,7+/m0/s1. The van der Waals surface area contributed by atoms with Gasteiger partial charge in [0, 0.05) is 13.1 Å². The summed E-state index contributed by atoms with van der Waals surface area (Å²) in [7, 11) is 0. The van der Waals surface area contributed by atoms with Crippen LogP contribution in [0.25, 0.3) is 0 Å². The van der Waals surface area contributed by atoms with Crippen molar-refractivity contribution in [1.82, 2.24) is 4.90 Å². The molecule has 0 spiro atoms. The van der Waals surface area contributed by atoms with Gasteiger partial charge in [0.25, 0.3) is 0 Å². The number of amides is 1. The van der Waals surface area contributed by atoms with Crippen LogP contribution in [0.2, 0.25) is 0 Å². The van der Waals surface area contributed by atoms with Crippen LogP contribution >= 0.6 is 0 Å². The zero-order valence-corrected chi connectivity index (χ0v) is 7.16. The van der Waals surface area contributed by atoms with Crippen molar-refractivity contribution in [1.29, 1.82) is 0 Å². The van der Waals surface area contributed by atoms with Crippen LogP contribution in [0.1, 0.15) is 6.92 Å². The lowest BCUT2D eigenvalue weighted by atomic mass is 10.3. The average molecular weight is 171 g/mol. The fourth-order valence-electron chi connectivity index (χ4n) is 1.59. The van der Waals surface area contributed by atoms with E-state index in [4.69, 9.17) is 9.47 Å². The van der Waals surface area contributed by atoms with Crippen molar-refractivity contribution in [2.45, 2.75) is 19.1 Å². The summed E-state index contributed by atoms with van der Waals surface area (Å²) in [5, 5.41) is 0. The largest absolute Gasteiger partial charge is 0.374 e. The second kappa shape index (κ2) is 3.03. The topological polar surface area (TPSA) is 38.8 Å². The maximum absolute atomic E-state index is 11.2. The Morgan fingerprint density at radius 2 is 2.25 bits per heavy atom. The molecule has 2 atom stereocenters. The Bertz CT molecular complexity index is 193. The molecule has 2 rings (SSSR count). The molecule has 0 N–H and O–H groups in total. The smallest absolute Gasteiger partial charge is 0.248 e. The van der Waals surface area contributed by atoms with E-state index in [0.717, 1.165) is 0 Å². The SMILES string of the molecule is C[C@H]1CN2C[C@H](CO1)OCC2=O. The summed E-state index contributed by atoms with van der Waals surface area (Å²) in [5.74, 6) is 0.0867. The summed E-state index contributed by atoms with van der Waals surface area (Å²) in [6.45, 7) is 4.22. The van der Waals surface area contributed by atoms with Crippen molar-refractivity contribution >= 4 is 5.91 Å². The highest BCUT2D eigenvalue weighted by molar-refractivity contribution is 5.78. The molecule has 0 aromatic heterocycles. The van der Waals surface area contributed by atoms with E-state index in [1.54, 1.807) is 0 Å². The zero-order valence-electron chi connectivity index (χ0n) is 7.16. The summed E-state index contributed by atoms with van der Waals surface area (Å²) in [5.41, 5.74) is 0. The maximum Gasteiger partial charge on any atom is 0.248 e.